The topological polar surface area (TPSA) is 56.2 Å². The predicted molar refractivity (Wildman–Crippen MR) is 73.5 cm³/mol. The van der Waals surface area contributed by atoms with Crippen molar-refractivity contribution in [2.45, 2.75) is 39.8 Å². The van der Waals surface area contributed by atoms with E-state index in [9.17, 15) is 4.79 Å². The van der Waals surface area contributed by atoms with Gasteiger partial charge in [0.05, 0.1) is 23.3 Å². The van der Waals surface area contributed by atoms with E-state index in [1.165, 1.54) is 0 Å². The summed E-state index contributed by atoms with van der Waals surface area (Å²) in [4.78, 5) is 12.0. The number of nitrogens with zero attached hydrogens (tertiary/aromatic N) is 2. The highest BCUT2D eigenvalue weighted by Crippen LogP contribution is 2.21. The molecule has 0 bridgehead atoms. The van der Waals surface area contributed by atoms with Crippen LogP contribution in [0.3, 0.4) is 0 Å². The van der Waals surface area contributed by atoms with Crippen LogP contribution in [0.5, 0.6) is 0 Å². The minimum atomic E-state index is -0.779. The third kappa shape index (κ3) is 2.92. The van der Waals surface area contributed by atoms with Gasteiger partial charge in [-0.05, 0) is 50.7 Å². The lowest BCUT2D eigenvalue weighted by molar-refractivity contribution is -0.151. The molecular formula is C12H20BrN3O2. The molecule has 1 N–H and O–H groups in total. The number of hydrogen-bond acceptors (Lipinski definition) is 4. The Morgan fingerprint density at radius 1 is 1.56 bits per heavy atom. The van der Waals surface area contributed by atoms with E-state index in [2.05, 4.69) is 26.3 Å². The molecule has 0 fully saturated rings. The van der Waals surface area contributed by atoms with Crippen molar-refractivity contribution in [1.29, 1.82) is 0 Å². The zero-order chi connectivity index (χ0) is 13.9. The Kier molecular flexibility index (Phi) is 4.92. The van der Waals surface area contributed by atoms with E-state index in [-0.39, 0.29) is 5.97 Å². The second-order valence-electron chi connectivity index (χ2n) is 4.45. The quantitative estimate of drug-likeness (QED) is 0.841. The molecule has 0 aliphatic heterocycles. The number of carbonyl (C=O) groups excluding carboxylic acids is 1. The van der Waals surface area contributed by atoms with E-state index in [0.717, 1.165) is 15.9 Å². The Labute approximate surface area is 116 Å². The molecule has 0 radical (unpaired) electrons. The summed E-state index contributed by atoms with van der Waals surface area (Å²) in [5.74, 6) is -0.267. The summed E-state index contributed by atoms with van der Waals surface area (Å²) in [6, 6.07) is 0. The van der Waals surface area contributed by atoms with Gasteiger partial charge >= 0.3 is 5.97 Å². The highest BCUT2D eigenvalue weighted by atomic mass is 79.9. The lowest BCUT2D eigenvalue weighted by Gasteiger charge is -2.27. The van der Waals surface area contributed by atoms with E-state index in [1.54, 1.807) is 14.0 Å². The number of carbonyl (C=O) groups is 1. The van der Waals surface area contributed by atoms with Crippen molar-refractivity contribution < 1.29 is 9.53 Å². The zero-order valence-corrected chi connectivity index (χ0v) is 13.1. The molecule has 1 unspecified atom stereocenters. The van der Waals surface area contributed by atoms with Crippen LogP contribution >= 0.6 is 15.9 Å². The van der Waals surface area contributed by atoms with Gasteiger partial charge in [-0.15, -0.1) is 0 Å². The highest BCUT2D eigenvalue weighted by molar-refractivity contribution is 9.10. The maximum atomic E-state index is 12.0. The Morgan fingerprint density at radius 2 is 2.17 bits per heavy atom. The Morgan fingerprint density at radius 3 is 2.56 bits per heavy atom. The lowest BCUT2D eigenvalue weighted by atomic mass is 10.0. The van der Waals surface area contributed by atoms with Gasteiger partial charge in [0.1, 0.15) is 5.54 Å². The molecule has 0 spiro atoms. The van der Waals surface area contributed by atoms with Crippen molar-refractivity contribution in [3.05, 3.63) is 15.9 Å². The van der Waals surface area contributed by atoms with Crippen molar-refractivity contribution in [3.63, 3.8) is 0 Å². The monoisotopic (exact) mass is 317 g/mol. The van der Waals surface area contributed by atoms with Crippen molar-refractivity contribution in [3.8, 4) is 0 Å². The van der Waals surface area contributed by atoms with Gasteiger partial charge < -0.3 is 10.1 Å². The summed E-state index contributed by atoms with van der Waals surface area (Å²) >= 11 is 3.48. The predicted octanol–water partition coefficient (Wildman–Crippen LogP) is 1.80. The molecule has 0 aromatic carbocycles. The summed E-state index contributed by atoms with van der Waals surface area (Å²) in [7, 11) is 1.75. The maximum absolute atomic E-state index is 12.0. The van der Waals surface area contributed by atoms with Gasteiger partial charge in [0.25, 0.3) is 0 Å². The fourth-order valence-electron chi connectivity index (χ4n) is 1.66. The summed E-state index contributed by atoms with van der Waals surface area (Å²) in [6.07, 6.45) is 0. The van der Waals surface area contributed by atoms with Crippen molar-refractivity contribution >= 4 is 21.9 Å². The number of ether oxygens (including phenoxy) is 1. The first kappa shape index (κ1) is 15.2. The fourth-order valence-corrected chi connectivity index (χ4v) is 1.95. The van der Waals surface area contributed by atoms with Crippen LogP contribution in [0.1, 0.15) is 25.2 Å². The summed E-state index contributed by atoms with van der Waals surface area (Å²) in [6.45, 7) is 8.31. The van der Waals surface area contributed by atoms with Crippen LogP contribution in [0, 0.1) is 13.8 Å². The van der Waals surface area contributed by atoms with Crippen molar-refractivity contribution in [2.24, 2.45) is 0 Å². The van der Waals surface area contributed by atoms with E-state index >= 15 is 0 Å². The molecule has 0 aliphatic carbocycles. The standard InChI is InChI=1S/C12H20BrN3O2/c1-6-18-11(17)12(4,14-5)7-16-9(3)10(13)8(2)15-16/h14H,6-7H2,1-5H3. The molecule has 1 atom stereocenters. The molecule has 0 saturated carbocycles. The Balaban J connectivity index is 2.98. The number of rotatable bonds is 5. The van der Waals surface area contributed by atoms with E-state index in [0.29, 0.717) is 13.2 Å². The lowest BCUT2D eigenvalue weighted by Crippen LogP contribution is -2.52. The third-order valence-corrected chi connectivity index (χ3v) is 4.18. The second kappa shape index (κ2) is 5.84. The van der Waals surface area contributed by atoms with E-state index in [4.69, 9.17) is 4.74 Å². The zero-order valence-electron chi connectivity index (χ0n) is 11.5. The van der Waals surface area contributed by atoms with Gasteiger partial charge in [-0.1, -0.05) is 0 Å². The van der Waals surface area contributed by atoms with Crippen molar-refractivity contribution in [2.75, 3.05) is 13.7 Å². The molecule has 1 aromatic rings. The number of halogens is 1. The SMILES string of the molecule is CCOC(=O)C(C)(Cn1nc(C)c(Br)c1C)NC. The van der Waals surface area contributed by atoms with Crippen LogP contribution in [0.15, 0.2) is 4.47 Å². The molecule has 1 aromatic heterocycles. The first-order valence-electron chi connectivity index (χ1n) is 5.91. The van der Waals surface area contributed by atoms with Gasteiger partial charge in [0.2, 0.25) is 0 Å². The maximum Gasteiger partial charge on any atom is 0.327 e. The molecule has 1 heterocycles. The van der Waals surface area contributed by atoms with Crippen LogP contribution in [0.2, 0.25) is 0 Å². The smallest absolute Gasteiger partial charge is 0.327 e. The first-order chi connectivity index (χ1) is 8.35. The average molecular weight is 318 g/mol. The summed E-state index contributed by atoms with van der Waals surface area (Å²) < 4.78 is 7.88. The Bertz CT molecular complexity index is 445. The summed E-state index contributed by atoms with van der Waals surface area (Å²) in [5.41, 5.74) is 1.13. The molecule has 18 heavy (non-hydrogen) atoms. The van der Waals surface area contributed by atoms with Crippen LogP contribution in [-0.4, -0.2) is 34.9 Å². The van der Waals surface area contributed by atoms with Gasteiger partial charge in [-0.2, -0.15) is 5.10 Å². The number of hydrogen-bond donors (Lipinski definition) is 1. The molecule has 1 rings (SSSR count). The number of aromatic nitrogens is 2. The molecule has 6 heteroatoms. The van der Waals surface area contributed by atoms with E-state index < -0.39 is 5.54 Å². The van der Waals surface area contributed by atoms with Gasteiger partial charge in [0.15, 0.2) is 0 Å². The molecular weight excluding hydrogens is 298 g/mol. The molecule has 102 valence electrons. The number of aryl methyl sites for hydroxylation is 1. The molecule has 0 saturated heterocycles. The van der Waals surface area contributed by atoms with Gasteiger partial charge in [-0.3, -0.25) is 4.68 Å². The van der Waals surface area contributed by atoms with Crippen LogP contribution in [-0.2, 0) is 16.1 Å². The van der Waals surface area contributed by atoms with Crippen molar-refractivity contribution in [1.82, 2.24) is 15.1 Å². The minimum absolute atomic E-state index is 0.267. The van der Waals surface area contributed by atoms with Gasteiger partial charge in [0, 0.05) is 5.69 Å². The number of esters is 1. The average Bonchev–Trinajstić information content (AvgIpc) is 2.57. The number of likely N-dealkylation sites (N-methyl/N-ethyl adjacent to an activating group) is 1. The normalized spacial score (nSPS) is 14.3. The molecule has 0 aliphatic rings. The van der Waals surface area contributed by atoms with E-state index in [1.807, 2.05) is 25.5 Å². The third-order valence-electron chi connectivity index (χ3n) is 3.04. The van der Waals surface area contributed by atoms with Gasteiger partial charge in [-0.25, -0.2) is 4.79 Å². The Hall–Kier alpha value is -0.880. The van der Waals surface area contributed by atoms with Crippen LogP contribution in [0.4, 0.5) is 0 Å². The number of nitrogens with one attached hydrogen (secondary N) is 1. The summed E-state index contributed by atoms with van der Waals surface area (Å²) in [5, 5.41) is 7.42. The van der Waals surface area contributed by atoms with Crippen LogP contribution in [0.25, 0.3) is 0 Å². The largest absolute Gasteiger partial charge is 0.465 e. The second-order valence-corrected chi connectivity index (χ2v) is 5.24. The molecule has 0 amide bonds. The molecule has 5 nitrogen and oxygen atoms in total. The minimum Gasteiger partial charge on any atom is -0.465 e. The van der Waals surface area contributed by atoms with Crippen LogP contribution < -0.4 is 5.32 Å². The highest BCUT2D eigenvalue weighted by Gasteiger charge is 2.34. The first-order valence-corrected chi connectivity index (χ1v) is 6.70. The fraction of sp³-hybridized carbons (Fsp3) is 0.667.